The molecule has 0 aliphatic heterocycles. The number of rotatable bonds is 6. The molecule has 0 N–H and O–H groups in total. The Kier molecular flexibility index (Phi) is 8.52. The zero-order valence-corrected chi connectivity index (χ0v) is 36.8. The van der Waals surface area contributed by atoms with Crippen molar-refractivity contribution < 1.29 is 0 Å². The lowest BCUT2D eigenvalue weighted by Crippen LogP contribution is -2.02. The molecule has 5 heteroatoms. The summed E-state index contributed by atoms with van der Waals surface area (Å²) in [6.07, 6.45) is 0. The van der Waals surface area contributed by atoms with Crippen LogP contribution in [0.2, 0.25) is 0 Å². The van der Waals surface area contributed by atoms with E-state index in [0.29, 0.717) is 17.5 Å². The van der Waals surface area contributed by atoms with Gasteiger partial charge in [0.1, 0.15) is 0 Å². The van der Waals surface area contributed by atoms with Crippen LogP contribution >= 0.6 is 0 Å². The minimum absolute atomic E-state index is 0.620. The highest BCUT2D eigenvalue weighted by Gasteiger charge is 2.21. The Morgan fingerprint density at radius 2 is 0.794 bits per heavy atom. The molecule has 3 aromatic heterocycles. The predicted molar refractivity (Wildman–Crippen MR) is 283 cm³/mol. The van der Waals surface area contributed by atoms with Crippen molar-refractivity contribution in [3.8, 4) is 56.7 Å². The Labute approximate surface area is 391 Å². The van der Waals surface area contributed by atoms with E-state index in [4.69, 9.17) is 15.0 Å². The van der Waals surface area contributed by atoms with Gasteiger partial charge in [-0.2, -0.15) is 0 Å². The Morgan fingerprint density at radius 1 is 0.250 bits per heavy atom. The summed E-state index contributed by atoms with van der Waals surface area (Å²) in [7, 11) is 0. The zero-order valence-electron chi connectivity index (χ0n) is 36.8. The van der Waals surface area contributed by atoms with Crippen molar-refractivity contribution in [2.45, 2.75) is 0 Å². The maximum atomic E-state index is 5.32. The third-order valence-electron chi connectivity index (χ3n) is 13.7. The number of aromatic nitrogens is 5. The molecular weight excluding hydrogens is 827 g/mol. The summed E-state index contributed by atoms with van der Waals surface area (Å²) in [6, 6.07) is 84.7. The first-order chi connectivity index (χ1) is 33.7. The molecule has 0 radical (unpaired) electrons. The molecule has 316 valence electrons. The van der Waals surface area contributed by atoms with Crippen molar-refractivity contribution >= 4 is 75.9 Å². The molecule has 0 fully saturated rings. The van der Waals surface area contributed by atoms with Gasteiger partial charge in [-0.3, -0.25) is 0 Å². The number of para-hydroxylation sites is 2. The van der Waals surface area contributed by atoms with Crippen LogP contribution in [0.4, 0.5) is 0 Å². The summed E-state index contributed by atoms with van der Waals surface area (Å²) in [5, 5.41) is 11.8. The molecule has 0 atom stereocenters. The molecule has 5 nitrogen and oxygen atoms in total. The number of hydrogen-bond donors (Lipinski definition) is 0. The van der Waals surface area contributed by atoms with Crippen molar-refractivity contribution in [1.29, 1.82) is 0 Å². The van der Waals surface area contributed by atoms with E-state index >= 15 is 0 Å². The van der Waals surface area contributed by atoms with Crippen LogP contribution < -0.4 is 0 Å². The number of fused-ring (bicyclic) bond motifs is 9. The maximum Gasteiger partial charge on any atom is 0.164 e. The van der Waals surface area contributed by atoms with Crippen LogP contribution in [0.15, 0.2) is 237 Å². The fourth-order valence-corrected chi connectivity index (χ4v) is 10.5. The zero-order chi connectivity index (χ0) is 44.7. The predicted octanol–water partition coefficient (Wildman–Crippen LogP) is 16.2. The van der Waals surface area contributed by atoms with Crippen molar-refractivity contribution in [3.63, 3.8) is 0 Å². The van der Waals surface area contributed by atoms with E-state index in [0.717, 1.165) is 66.4 Å². The second kappa shape index (κ2) is 15.2. The standard InChI is InChI=1S/C63H39N5/c1-2-15-40(16-3-1)43-21-14-22-46(35-43)61-64-62(47-30-29-41-17-4-5-18-42(41)36-47)66-63(65-61)53-32-34-58(50-24-9-8-23-49(50)53)68-59-33-31-48(39-55(59)54-37-44-19-6-7-20-45(44)38-60(54)68)67-56-27-12-10-25-51(56)52-26-11-13-28-57(52)67/h1-39H. The molecular formula is C63H39N5. The van der Waals surface area contributed by atoms with E-state index < -0.39 is 0 Å². The largest absolute Gasteiger partial charge is 0.309 e. The average Bonchev–Trinajstić information content (AvgIpc) is 3.91. The van der Waals surface area contributed by atoms with Crippen LogP contribution in [0, 0.1) is 0 Å². The Morgan fingerprint density at radius 3 is 1.54 bits per heavy atom. The molecule has 14 aromatic rings. The van der Waals surface area contributed by atoms with E-state index in [1.807, 2.05) is 6.07 Å². The van der Waals surface area contributed by atoms with Gasteiger partial charge in [0.25, 0.3) is 0 Å². The third-order valence-corrected chi connectivity index (χ3v) is 13.7. The Bertz CT molecular complexity index is 4280. The lowest BCUT2D eigenvalue weighted by Gasteiger charge is -2.16. The molecule has 11 aromatic carbocycles. The van der Waals surface area contributed by atoms with Gasteiger partial charge in [-0.1, -0.05) is 170 Å². The summed E-state index contributed by atoms with van der Waals surface area (Å²) in [6.45, 7) is 0. The lowest BCUT2D eigenvalue weighted by atomic mass is 10.0. The highest BCUT2D eigenvalue weighted by molar-refractivity contribution is 6.16. The van der Waals surface area contributed by atoms with E-state index in [9.17, 15) is 0 Å². The summed E-state index contributed by atoms with van der Waals surface area (Å²) in [4.78, 5) is 15.8. The summed E-state index contributed by atoms with van der Waals surface area (Å²) in [5.41, 5.74) is 11.9. The first-order valence-corrected chi connectivity index (χ1v) is 23.1. The molecule has 68 heavy (non-hydrogen) atoms. The Hall–Kier alpha value is -9.19. The summed E-state index contributed by atoms with van der Waals surface area (Å²) >= 11 is 0. The average molecular weight is 866 g/mol. The SMILES string of the molecule is c1ccc(-c2cccc(-c3nc(-c4ccc5ccccc5c4)nc(-c4ccc(-n5c6ccc(-n7c8ccccc8c8ccccc87)cc6c6cc7ccccc7cc65)c5ccccc45)n3)c2)cc1. The first kappa shape index (κ1) is 38.1. The van der Waals surface area contributed by atoms with Gasteiger partial charge >= 0.3 is 0 Å². The second-order valence-electron chi connectivity index (χ2n) is 17.6. The van der Waals surface area contributed by atoms with Crippen molar-refractivity contribution in [3.05, 3.63) is 237 Å². The van der Waals surface area contributed by atoms with Crippen molar-refractivity contribution in [1.82, 2.24) is 24.1 Å². The number of benzene rings is 11. The maximum absolute atomic E-state index is 5.32. The molecule has 0 aliphatic carbocycles. The molecule has 3 heterocycles. The minimum Gasteiger partial charge on any atom is -0.309 e. The summed E-state index contributed by atoms with van der Waals surface area (Å²) < 4.78 is 4.86. The normalized spacial score (nSPS) is 11.8. The molecule has 0 bridgehead atoms. The lowest BCUT2D eigenvalue weighted by molar-refractivity contribution is 1.08. The third kappa shape index (κ3) is 6.06. The van der Waals surface area contributed by atoms with Crippen LogP contribution in [-0.4, -0.2) is 24.1 Å². The molecule has 0 aliphatic rings. The monoisotopic (exact) mass is 865 g/mol. The van der Waals surface area contributed by atoms with Crippen LogP contribution in [0.25, 0.3) is 133 Å². The highest BCUT2D eigenvalue weighted by Crippen LogP contribution is 2.41. The molecule has 0 saturated heterocycles. The molecule has 14 rings (SSSR count). The van der Waals surface area contributed by atoms with Crippen LogP contribution in [0.1, 0.15) is 0 Å². The molecule has 0 unspecified atom stereocenters. The van der Waals surface area contributed by atoms with Gasteiger partial charge in [0.2, 0.25) is 0 Å². The summed E-state index contributed by atoms with van der Waals surface area (Å²) in [5.74, 6) is 1.87. The van der Waals surface area contributed by atoms with Gasteiger partial charge in [0.05, 0.1) is 27.8 Å². The first-order valence-electron chi connectivity index (χ1n) is 23.1. The fraction of sp³-hybridized carbons (Fsp3) is 0. The molecule has 0 saturated carbocycles. The Balaban J connectivity index is 0.990. The van der Waals surface area contributed by atoms with Crippen LogP contribution in [0.3, 0.4) is 0 Å². The quantitative estimate of drug-likeness (QED) is 0.167. The van der Waals surface area contributed by atoms with E-state index in [2.05, 4.69) is 240 Å². The van der Waals surface area contributed by atoms with Crippen LogP contribution in [0.5, 0.6) is 0 Å². The van der Waals surface area contributed by atoms with Crippen LogP contribution in [-0.2, 0) is 0 Å². The van der Waals surface area contributed by atoms with Gasteiger partial charge in [-0.05, 0) is 105 Å². The van der Waals surface area contributed by atoms with Gasteiger partial charge in [-0.25, -0.2) is 15.0 Å². The molecule has 0 spiro atoms. The molecule has 0 amide bonds. The number of hydrogen-bond acceptors (Lipinski definition) is 3. The van der Waals surface area contributed by atoms with E-state index in [1.165, 1.54) is 48.7 Å². The van der Waals surface area contributed by atoms with Gasteiger partial charge < -0.3 is 9.13 Å². The van der Waals surface area contributed by atoms with E-state index in [-0.39, 0.29) is 0 Å². The van der Waals surface area contributed by atoms with Crippen molar-refractivity contribution in [2.75, 3.05) is 0 Å². The topological polar surface area (TPSA) is 48.5 Å². The van der Waals surface area contributed by atoms with Crippen molar-refractivity contribution in [2.24, 2.45) is 0 Å². The number of nitrogens with zero attached hydrogens (tertiary/aromatic N) is 5. The smallest absolute Gasteiger partial charge is 0.164 e. The van der Waals surface area contributed by atoms with Gasteiger partial charge in [0.15, 0.2) is 17.5 Å². The van der Waals surface area contributed by atoms with E-state index in [1.54, 1.807) is 0 Å². The second-order valence-corrected chi connectivity index (χ2v) is 17.6. The highest BCUT2D eigenvalue weighted by atomic mass is 15.0. The fourth-order valence-electron chi connectivity index (χ4n) is 10.5. The van der Waals surface area contributed by atoms with Gasteiger partial charge in [0, 0.05) is 49.3 Å². The van der Waals surface area contributed by atoms with Gasteiger partial charge in [-0.15, -0.1) is 0 Å². The minimum atomic E-state index is 0.620.